The summed E-state index contributed by atoms with van der Waals surface area (Å²) in [6.45, 7) is 1.50. The average molecular weight is 256 g/mol. The predicted molar refractivity (Wildman–Crippen MR) is 79.0 cm³/mol. The van der Waals surface area contributed by atoms with Crippen LogP contribution < -0.4 is 5.32 Å². The first-order chi connectivity index (χ1) is 9.18. The lowest BCUT2D eigenvalue weighted by molar-refractivity contribution is -0.128. The molecule has 1 N–H and O–H groups in total. The molecule has 1 amide bonds. The van der Waals surface area contributed by atoms with Crippen LogP contribution in [0.15, 0.2) is 42.5 Å². The van der Waals surface area contributed by atoms with Gasteiger partial charge in [-0.2, -0.15) is 0 Å². The molecule has 100 valence electrons. The highest BCUT2D eigenvalue weighted by Gasteiger charge is 2.03. The van der Waals surface area contributed by atoms with Gasteiger partial charge in [0.2, 0.25) is 5.91 Å². The molecule has 0 saturated heterocycles. The van der Waals surface area contributed by atoms with Gasteiger partial charge in [0.25, 0.3) is 0 Å². The second-order valence-electron chi connectivity index (χ2n) is 4.85. The fourth-order valence-electron chi connectivity index (χ4n) is 2.09. The van der Waals surface area contributed by atoms with E-state index in [0.717, 1.165) is 6.54 Å². The van der Waals surface area contributed by atoms with E-state index in [2.05, 4.69) is 47.8 Å². The molecular weight excluding hydrogens is 236 g/mol. The first-order valence-electron chi connectivity index (χ1n) is 6.56. The summed E-state index contributed by atoms with van der Waals surface area (Å²) in [5, 5.41) is 5.86. The lowest BCUT2D eigenvalue weighted by Gasteiger charge is -2.11. The fourth-order valence-corrected chi connectivity index (χ4v) is 2.09. The molecule has 0 radical (unpaired) electrons. The van der Waals surface area contributed by atoms with Gasteiger partial charge in [0.1, 0.15) is 0 Å². The van der Waals surface area contributed by atoms with Crippen molar-refractivity contribution < 1.29 is 4.79 Å². The summed E-state index contributed by atoms with van der Waals surface area (Å²) in [5.41, 5.74) is 1.27. The minimum atomic E-state index is 0.158. The van der Waals surface area contributed by atoms with Gasteiger partial charge < -0.3 is 10.2 Å². The standard InChI is InChI=1S/C16H20N2O/c1-18(2)16(19)10-11-17-12-14-8-5-7-13-6-3-4-9-15(13)14/h3-9,17H,10-12H2,1-2H3. The zero-order chi connectivity index (χ0) is 13.7. The molecule has 0 spiro atoms. The Morgan fingerprint density at radius 1 is 1.11 bits per heavy atom. The lowest BCUT2D eigenvalue weighted by atomic mass is 10.0. The highest BCUT2D eigenvalue weighted by atomic mass is 16.2. The number of fused-ring (bicyclic) bond motifs is 1. The van der Waals surface area contributed by atoms with Crippen molar-refractivity contribution in [3.8, 4) is 0 Å². The molecule has 2 aromatic carbocycles. The van der Waals surface area contributed by atoms with Gasteiger partial charge in [-0.05, 0) is 16.3 Å². The maximum Gasteiger partial charge on any atom is 0.223 e. The smallest absolute Gasteiger partial charge is 0.223 e. The summed E-state index contributed by atoms with van der Waals surface area (Å²) in [6, 6.07) is 14.7. The van der Waals surface area contributed by atoms with Crippen molar-refractivity contribution >= 4 is 16.7 Å². The minimum Gasteiger partial charge on any atom is -0.349 e. The largest absolute Gasteiger partial charge is 0.349 e. The summed E-state index contributed by atoms with van der Waals surface area (Å²) in [5.74, 6) is 0.158. The van der Waals surface area contributed by atoms with Crippen LogP contribution >= 0.6 is 0 Å². The number of nitrogens with zero attached hydrogens (tertiary/aromatic N) is 1. The van der Waals surface area contributed by atoms with E-state index in [9.17, 15) is 4.79 Å². The van der Waals surface area contributed by atoms with Crippen molar-refractivity contribution in [1.29, 1.82) is 0 Å². The lowest BCUT2D eigenvalue weighted by Crippen LogP contribution is -2.26. The van der Waals surface area contributed by atoms with Crippen molar-refractivity contribution in [2.24, 2.45) is 0 Å². The average Bonchev–Trinajstić information content (AvgIpc) is 2.43. The minimum absolute atomic E-state index is 0.158. The number of rotatable bonds is 5. The molecule has 3 heteroatoms. The number of carbonyl (C=O) groups excluding carboxylic acids is 1. The SMILES string of the molecule is CN(C)C(=O)CCNCc1cccc2ccccc12. The Hall–Kier alpha value is -1.87. The van der Waals surface area contributed by atoms with Crippen LogP contribution in [0, 0.1) is 0 Å². The van der Waals surface area contributed by atoms with Crippen LogP contribution in [-0.4, -0.2) is 31.4 Å². The van der Waals surface area contributed by atoms with Crippen LogP contribution in [0.1, 0.15) is 12.0 Å². The first-order valence-corrected chi connectivity index (χ1v) is 6.56. The molecule has 3 nitrogen and oxygen atoms in total. The maximum absolute atomic E-state index is 11.5. The second-order valence-corrected chi connectivity index (χ2v) is 4.85. The third-order valence-corrected chi connectivity index (χ3v) is 3.21. The Morgan fingerprint density at radius 3 is 2.63 bits per heavy atom. The van der Waals surface area contributed by atoms with E-state index >= 15 is 0 Å². The molecule has 2 aromatic rings. The van der Waals surface area contributed by atoms with Gasteiger partial charge in [0.05, 0.1) is 0 Å². The molecule has 0 aromatic heterocycles. The molecule has 19 heavy (non-hydrogen) atoms. The van der Waals surface area contributed by atoms with Gasteiger partial charge in [-0.3, -0.25) is 4.79 Å². The van der Waals surface area contributed by atoms with E-state index < -0.39 is 0 Å². The van der Waals surface area contributed by atoms with E-state index in [4.69, 9.17) is 0 Å². The third kappa shape index (κ3) is 3.55. The Balaban J connectivity index is 1.93. The van der Waals surface area contributed by atoms with E-state index in [-0.39, 0.29) is 5.91 Å². The normalized spacial score (nSPS) is 10.6. The molecule has 0 fully saturated rings. The highest BCUT2D eigenvalue weighted by molar-refractivity contribution is 5.85. The van der Waals surface area contributed by atoms with Gasteiger partial charge in [-0.1, -0.05) is 42.5 Å². The maximum atomic E-state index is 11.5. The number of carbonyl (C=O) groups is 1. The number of amides is 1. The Morgan fingerprint density at radius 2 is 1.84 bits per heavy atom. The molecule has 0 bridgehead atoms. The van der Waals surface area contributed by atoms with E-state index in [1.165, 1.54) is 16.3 Å². The number of nitrogens with one attached hydrogen (secondary N) is 1. The quantitative estimate of drug-likeness (QED) is 0.833. The van der Waals surface area contributed by atoms with Crippen molar-refractivity contribution in [3.63, 3.8) is 0 Å². The molecular formula is C16H20N2O. The number of hydrogen-bond acceptors (Lipinski definition) is 2. The van der Waals surface area contributed by atoms with Gasteiger partial charge in [-0.15, -0.1) is 0 Å². The Kier molecular flexibility index (Phi) is 4.53. The summed E-state index contributed by atoms with van der Waals surface area (Å²) in [4.78, 5) is 13.1. The zero-order valence-corrected chi connectivity index (χ0v) is 11.5. The van der Waals surface area contributed by atoms with Crippen LogP contribution in [0.4, 0.5) is 0 Å². The Bertz CT molecular complexity index is 558. The van der Waals surface area contributed by atoms with E-state index in [0.29, 0.717) is 13.0 Å². The summed E-state index contributed by atoms with van der Waals surface area (Å²) >= 11 is 0. The summed E-state index contributed by atoms with van der Waals surface area (Å²) in [6.07, 6.45) is 0.539. The van der Waals surface area contributed by atoms with E-state index in [1.807, 2.05) is 0 Å². The van der Waals surface area contributed by atoms with Crippen LogP contribution in [-0.2, 0) is 11.3 Å². The third-order valence-electron chi connectivity index (χ3n) is 3.21. The Labute approximate surface area is 114 Å². The van der Waals surface area contributed by atoms with Crippen molar-refractivity contribution in [2.75, 3.05) is 20.6 Å². The summed E-state index contributed by atoms with van der Waals surface area (Å²) in [7, 11) is 3.57. The van der Waals surface area contributed by atoms with Gasteiger partial charge in [-0.25, -0.2) is 0 Å². The monoisotopic (exact) mass is 256 g/mol. The predicted octanol–water partition coefficient (Wildman–Crippen LogP) is 2.41. The van der Waals surface area contributed by atoms with Crippen molar-refractivity contribution in [1.82, 2.24) is 10.2 Å². The molecule has 0 aliphatic heterocycles. The topological polar surface area (TPSA) is 32.3 Å². The van der Waals surface area contributed by atoms with Crippen LogP contribution in [0.2, 0.25) is 0 Å². The van der Waals surface area contributed by atoms with Gasteiger partial charge >= 0.3 is 0 Å². The molecule has 0 heterocycles. The zero-order valence-electron chi connectivity index (χ0n) is 11.5. The van der Waals surface area contributed by atoms with Crippen LogP contribution in [0.5, 0.6) is 0 Å². The molecule has 2 rings (SSSR count). The number of hydrogen-bond donors (Lipinski definition) is 1. The van der Waals surface area contributed by atoms with Crippen molar-refractivity contribution in [2.45, 2.75) is 13.0 Å². The van der Waals surface area contributed by atoms with Crippen LogP contribution in [0.3, 0.4) is 0 Å². The molecule has 0 aliphatic carbocycles. The van der Waals surface area contributed by atoms with Crippen molar-refractivity contribution in [3.05, 3.63) is 48.0 Å². The molecule has 0 aliphatic rings. The fraction of sp³-hybridized carbons (Fsp3) is 0.312. The second kappa shape index (κ2) is 6.34. The molecule has 0 saturated carbocycles. The van der Waals surface area contributed by atoms with Gasteiger partial charge in [0, 0.05) is 33.6 Å². The summed E-state index contributed by atoms with van der Waals surface area (Å²) < 4.78 is 0. The first kappa shape index (κ1) is 13.6. The molecule has 0 unspecified atom stereocenters. The number of benzene rings is 2. The highest BCUT2D eigenvalue weighted by Crippen LogP contribution is 2.18. The van der Waals surface area contributed by atoms with E-state index in [1.54, 1.807) is 19.0 Å². The van der Waals surface area contributed by atoms with Gasteiger partial charge in [0.15, 0.2) is 0 Å². The molecule has 0 atom stereocenters. The van der Waals surface area contributed by atoms with Crippen LogP contribution in [0.25, 0.3) is 10.8 Å².